The number of hydrogen-bond acceptors (Lipinski definition) is 7. The molecule has 1 heterocycles. The van der Waals surface area contributed by atoms with E-state index in [9.17, 15) is 23.1 Å². The molecule has 0 unspecified atom stereocenters. The summed E-state index contributed by atoms with van der Waals surface area (Å²) in [6.45, 7) is 0.0288. The predicted octanol–water partition coefficient (Wildman–Crippen LogP) is 5.98. The number of nitrogens with one attached hydrogen (secondary N) is 1. The number of alkyl halides is 3. The Kier molecular flexibility index (Phi) is 11.3. The molecule has 0 aromatic heterocycles. The molecule has 6 nitrogen and oxygen atoms in total. The average Bonchev–Trinajstić information content (AvgIpc) is 3.05. The number of benzene rings is 3. The van der Waals surface area contributed by atoms with Gasteiger partial charge in [0.15, 0.2) is 0 Å². The number of halogens is 3. The van der Waals surface area contributed by atoms with Gasteiger partial charge in [-0.2, -0.15) is 13.2 Å². The average molecular weight is 648 g/mol. The Balaban J connectivity index is 1.58. The molecule has 1 saturated heterocycles. The monoisotopic (exact) mass is 647 g/mol. The number of rotatable bonds is 11. The second-order valence-corrected chi connectivity index (χ2v) is 13.8. The number of amides is 1. The van der Waals surface area contributed by atoms with E-state index >= 15 is 0 Å². The van der Waals surface area contributed by atoms with Gasteiger partial charge in [0.2, 0.25) is 0 Å². The Morgan fingerprint density at radius 1 is 0.750 bits per heavy atom. The first-order valence-electron chi connectivity index (χ1n) is 14.5. The highest BCUT2D eigenvalue weighted by molar-refractivity contribution is 8.18. The van der Waals surface area contributed by atoms with Crippen LogP contribution in [0.3, 0.4) is 0 Å². The van der Waals surface area contributed by atoms with Crippen molar-refractivity contribution in [2.45, 2.75) is 60.9 Å². The number of carbonyl (C=O) groups is 1. The summed E-state index contributed by atoms with van der Waals surface area (Å²) < 4.78 is 59.9. The number of aliphatic hydroxyl groups is 1. The van der Waals surface area contributed by atoms with E-state index in [-0.39, 0.29) is 26.4 Å². The van der Waals surface area contributed by atoms with Crippen LogP contribution in [0.15, 0.2) is 91.0 Å². The van der Waals surface area contributed by atoms with E-state index in [2.05, 4.69) is 5.32 Å². The summed E-state index contributed by atoms with van der Waals surface area (Å²) in [5.41, 5.74) is 2.58. The van der Waals surface area contributed by atoms with Crippen LogP contribution in [0.2, 0.25) is 0 Å². The highest BCUT2D eigenvalue weighted by Gasteiger charge is 2.63. The Morgan fingerprint density at radius 2 is 1.18 bits per heavy atom. The molecule has 44 heavy (non-hydrogen) atoms. The molecule has 1 amide bonds. The molecule has 2 fully saturated rings. The number of thioether (sulfide) groups is 2. The van der Waals surface area contributed by atoms with Gasteiger partial charge in [0.25, 0.3) is 0 Å². The van der Waals surface area contributed by atoms with Crippen molar-refractivity contribution in [3.05, 3.63) is 108 Å². The summed E-state index contributed by atoms with van der Waals surface area (Å²) in [7, 11) is 0. The maximum absolute atomic E-state index is 13.8. The maximum atomic E-state index is 13.8. The lowest BCUT2D eigenvalue weighted by Crippen LogP contribution is -2.73. The third-order valence-corrected chi connectivity index (χ3v) is 11.6. The van der Waals surface area contributed by atoms with Crippen LogP contribution in [0.4, 0.5) is 13.2 Å². The minimum absolute atomic E-state index is 0.0791. The summed E-state index contributed by atoms with van der Waals surface area (Å²) in [5.74, 6) is -1.44. The molecule has 0 radical (unpaired) electrons. The molecule has 1 saturated carbocycles. The second kappa shape index (κ2) is 15.2. The third kappa shape index (κ3) is 7.81. The molecule has 1 aliphatic carbocycles. The summed E-state index contributed by atoms with van der Waals surface area (Å²) in [6.07, 6.45) is -6.99. The highest BCUT2D eigenvalue weighted by atomic mass is 32.2. The van der Waals surface area contributed by atoms with Crippen molar-refractivity contribution < 1.29 is 37.3 Å². The first-order chi connectivity index (χ1) is 21.3. The topological polar surface area (TPSA) is 77.0 Å². The van der Waals surface area contributed by atoms with E-state index in [1.54, 1.807) is 0 Å². The molecule has 5 atom stereocenters. The molecule has 2 N–H and O–H groups in total. The molecular formula is C33H36F3NO5S2. The van der Waals surface area contributed by atoms with Crippen LogP contribution in [-0.2, 0) is 38.8 Å². The van der Waals surface area contributed by atoms with Crippen LogP contribution in [0, 0.1) is 5.92 Å². The molecule has 0 bridgehead atoms. The fourth-order valence-corrected chi connectivity index (χ4v) is 9.60. The van der Waals surface area contributed by atoms with Crippen molar-refractivity contribution in [3.8, 4) is 0 Å². The van der Waals surface area contributed by atoms with E-state index in [0.717, 1.165) is 23.1 Å². The summed E-state index contributed by atoms with van der Waals surface area (Å²) >= 11 is 2.91. The van der Waals surface area contributed by atoms with Crippen molar-refractivity contribution in [1.82, 2.24) is 5.32 Å². The highest BCUT2D eigenvalue weighted by Crippen LogP contribution is 2.56. The quantitative estimate of drug-likeness (QED) is 0.265. The second-order valence-electron chi connectivity index (χ2n) is 10.8. The van der Waals surface area contributed by atoms with Gasteiger partial charge < -0.3 is 24.6 Å². The van der Waals surface area contributed by atoms with Gasteiger partial charge in [-0.15, -0.1) is 23.5 Å². The van der Waals surface area contributed by atoms with Gasteiger partial charge in [-0.05, 0) is 34.6 Å². The number of aliphatic hydroxyl groups excluding tert-OH is 1. The first kappa shape index (κ1) is 32.8. The Labute approximate surface area is 264 Å². The molecule has 1 spiro atoms. The number of hydrogen-bond donors (Lipinski definition) is 2. The van der Waals surface area contributed by atoms with Gasteiger partial charge >= 0.3 is 12.1 Å². The van der Waals surface area contributed by atoms with E-state index in [4.69, 9.17) is 14.2 Å². The predicted molar refractivity (Wildman–Crippen MR) is 166 cm³/mol. The summed E-state index contributed by atoms with van der Waals surface area (Å²) in [5, 5.41) is 13.3. The fourth-order valence-electron chi connectivity index (χ4n) is 5.78. The summed E-state index contributed by atoms with van der Waals surface area (Å²) in [6, 6.07) is 27.1. The number of ether oxygens (including phenoxy) is 3. The van der Waals surface area contributed by atoms with Crippen molar-refractivity contribution in [1.29, 1.82) is 0 Å². The van der Waals surface area contributed by atoms with Crippen LogP contribution in [-0.4, -0.2) is 63.7 Å². The summed E-state index contributed by atoms with van der Waals surface area (Å²) in [4.78, 5) is 12.6. The smallest absolute Gasteiger partial charge is 0.396 e. The third-order valence-electron chi connectivity index (χ3n) is 7.86. The zero-order valence-electron chi connectivity index (χ0n) is 24.0. The molecule has 236 valence electrons. The van der Waals surface area contributed by atoms with Gasteiger partial charge in [-0.25, -0.2) is 0 Å². The fraction of sp³-hybridized carbons (Fsp3) is 0.424. The first-order valence-corrected chi connectivity index (χ1v) is 16.5. The number of carbonyl (C=O) groups excluding carboxylic acids is 1. The van der Waals surface area contributed by atoms with E-state index in [0.29, 0.717) is 11.5 Å². The Hall–Kier alpha value is -2.54. The van der Waals surface area contributed by atoms with Gasteiger partial charge in [0, 0.05) is 5.92 Å². The maximum Gasteiger partial charge on any atom is 0.471 e. The van der Waals surface area contributed by atoms with Crippen LogP contribution < -0.4 is 5.32 Å². The molecule has 11 heteroatoms. The molecular weight excluding hydrogens is 611 g/mol. The standard InChI is InChI=1S/C33H36F3NO5S2/c34-33(35,36)31(39)37-30-29(42-22-25-15-8-3-9-16-25)28(41-21-24-13-6-2-7-14-24)27(40-20-23-11-4-1-5-12-23)26(19-38)32(30)43-17-10-18-44-32/h1-9,11-16,26-30,38H,10,17-22H2,(H,37,39)/t26-,27+,28+,29-,30+/m0/s1. The minimum Gasteiger partial charge on any atom is -0.396 e. The van der Waals surface area contributed by atoms with Crippen LogP contribution in [0.1, 0.15) is 23.1 Å². The van der Waals surface area contributed by atoms with Gasteiger partial charge in [-0.1, -0.05) is 91.0 Å². The van der Waals surface area contributed by atoms with Gasteiger partial charge in [0.05, 0.1) is 42.7 Å². The zero-order chi connectivity index (χ0) is 31.0. The lowest BCUT2D eigenvalue weighted by Gasteiger charge is -2.57. The van der Waals surface area contributed by atoms with Crippen molar-refractivity contribution in [2.24, 2.45) is 5.92 Å². The van der Waals surface area contributed by atoms with E-state index < -0.39 is 46.4 Å². The SMILES string of the molecule is O=C(N[C@@H]1[C@@H](OCc2ccccc2)[C@H](OCc2ccccc2)[C@H](OCc2ccccc2)[C@H](CO)C12SCCCS2)C(F)(F)F. The van der Waals surface area contributed by atoms with E-state index in [1.807, 2.05) is 91.0 Å². The van der Waals surface area contributed by atoms with Crippen LogP contribution in [0.25, 0.3) is 0 Å². The zero-order valence-corrected chi connectivity index (χ0v) is 25.7. The van der Waals surface area contributed by atoms with Crippen molar-refractivity contribution in [2.75, 3.05) is 18.1 Å². The van der Waals surface area contributed by atoms with Crippen LogP contribution >= 0.6 is 23.5 Å². The lowest BCUT2D eigenvalue weighted by atomic mass is 9.77. The Bertz CT molecular complexity index is 1310. The Morgan fingerprint density at radius 3 is 1.61 bits per heavy atom. The van der Waals surface area contributed by atoms with Gasteiger partial charge in [0.1, 0.15) is 12.2 Å². The minimum atomic E-state index is -5.11. The van der Waals surface area contributed by atoms with Crippen molar-refractivity contribution >= 4 is 29.4 Å². The lowest BCUT2D eigenvalue weighted by molar-refractivity contribution is -0.206. The van der Waals surface area contributed by atoms with Gasteiger partial charge in [-0.3, -0.25) is 4.79 Å². The van der Waals surface area contributed by atoms with E-state index in [1.165, 1.54) is 23.5 Å². The molecule has 2 aliphatic rings. The van der Waals surface area contributed by atoms with Crippen molar-refractivity contribution in [3.63, 3.8) is 0 Å². The molecule has 1 aliphatic heterocycles. The normalized spacial score (nSPS) is 25.0. The van der Waals surface area contributed by atoms with Crippen LogP contribution in [0.5, 0.6) is 0 Å². The molecule has 3 aromatic carbocycles. The molecule has 5 rings (SSSR count). The molecule has 3 aromatic rings. The largest absolute Gasteiger partial charge is 0.471 e.